The number of likely N-dealkylation sites (N-methyl/N-ethyl adjacent to an activating group) is 1. The molecule has 1 aliphatic rings. The number of aromatic nitrogens is 1. The van der Waals surface area contributed by atoms with Gasteiger partial charge < -0.3 is 5.11 Å². The van der Waals surface area contributed by atoms with E-state index in [-0.39, 0.29) is 19.8 Å². The Bertz CT molecular complexity index is 886. The molecule has 2 aromatic rings. The zero-order valence-corrected chi connectivity index (χ0v) is 14.1. The van der Waals surface area contributed by atoms with Gasteiger partial charge in [0.15, 0.2) is 20.8 Å². The fraction of sp³-hybridized carbons (Fsp3) is 0.0909. The van der Waals surface area contributed by atoms with Crippen LogP contribution in [0, 0.1) is 0 Å². The fourth-order valence-corrected chi connectivity index (χ4v) is 5.65. The van der Waals surface area contributed by atoms with Crippen LogP contribution in [-0.2, 0) is 14.8 Å². The van der Waals surface area contributed by atoms with E-state index in [4.69, 9.17) is 11.6 Å². The van der Waals surface area contributed by atoms with Crippen molar-refractivity contribution in [2.45, 2.75) is 4.21 Å². The van der Waals surface area contributed by atoms with Crippen molar-refractivity contribution in [3.63, 3.8) is 0 Å². The number of thiazole rings is 1. The first-order chi connectivity index (χ1) is 10.3. The van der Waals surface area contributed by atoms with E-state index >= 15 is 0 Å². The first-order valence-corrected chi connectivity index (χ1v) is 9.26. The van der Waals surface area contributed by atoms with Crippen LogP contribution in [0.2, 0.25) is 4.34 Å². The second-order valence-corrected chi connectivity index (χ2v) is 8.96. The number of nitrogens with one attached hydrogen (secondary N) is 1. The van der Waals surface area contributed by atoms with Gasteiger partial charge in [-0.25, -0.2) is 13.4 Å². The zero-order chi connectivity index (χ0) is 16.1. The number of aliphatic hydroxyl groups is 1. The summed E-state index contributed by atoms with van der Waals surface area (Å²) in [5.74, 6) is -1.21. The summed E-state index contributed by atoms with van der Waals surface area (Å²) >= 11 is 7.82. The molecular formula is C11H8ClN3O4S3. The molecule has 3 rings (SSSR count). The summed E-state index contributed by atoms with van der Waals surface area (Å²) in [6.45, 7) is 0. The highest BCUT2D eigenvalue weighted by molar-refractivity contribution is 7.91. The normalized spacial score (nSPS) is 16.5. The molecule has 0 aromatic carbocycles. The van der Waals surface area contributed by atoms with Crippen LogP contribution in [0.3, 0.4) is 0 Å². The highest BCUT2D eigenvalue weighted by Gasteiger charge is 2.39. The van der Waals surface area contributed by atoms with Crippen molar-refractivity contribution in [1.29, 1.82) is 0 Å². The van der Waals surface area contributed by atoms with E-state index in [1.54, 1.807) is 5.38 Å². The lowest BCUT2D eigenvalue weighted by molar-refractivity contribution is -0.113. The van der Waals surface area contributed by atoms with Gasteiger partial charge in [0, 0.05) is 18.6 Å². The maximum Gasteiger partial charge on any atom is 0.278 e. The molecular weight excluding hydrogens is 370 g/mol. The third-order valence-corrected chi connectivity index (χ3v) is 7.15. The number of fused-ring (bicyclic) bond motifs is 1. The Balaban J connectivity index is 2.11. The summed E-state index contributed by atoms with van der Waals surface area (Å²) in [5.41, 5.74) is -0.352. The second-order valence-electron chi connectivity index (χ2n) is 4.21. The number of carbonyl (C=O) groups excluding carboxylic acids is 1. The van der Waals surface area contributed by atoms with E-state index in [0.29, 0.717) is 5.13 Å². The molecule has 0 saturated heterocycles. The van der Waals surface area contributed by atoms with Crippen LogP contribution < -0.4 is 5.32 Å². The van der Waals surface area contributed by atoms with Gasteiger partial charge in [-0.2, -0.15) is 0 Å². The molecule has 0 atom stereocenters. The lowest BCUT2D eigenvalue weighted by Crippen LogP contribution is -2.36. The molecule has 22 heavy (non-hydrogen) atoms. The molecule has 0 fully saturated rings. The van der Waals surface area contributed by atoms with Crippen molar-refractivity contribution >= 4 is 61.1 Å². The van der Waals surface area contributed by atoms with Crippen molar-refractivity contribution < 1.29 is 18.3 Å². The van der Waals surface area contributed by atoms with E-state index in [2.05, 4.69) is 10.3 Å². The standard InChI is InChI=1S/C11H8ClN3O4S3/c1-15-7(9(17)14-11-13-2-3-20-11)8(16)5-4-6(12)21-10(5)22(15,18)19/h2-4,16H,1H3,(H,13,14,17). The summed E-state index contributed by atoms with van der Waals surface area (Å²) < 4.78 is 25.7. The maximum absolute atomic E-state index is 12.4. The quantitative estimate of drug-likeness (QED) is 0.836. The predicted molar refractivity (Wildman–Crippen MR) is 84.6 cm³/mol. The average molecular weight is 378 g/mol. The Hall–Kier alpha value is -1.62. The van der Waals surface area contributed by atoms with Crippen LogP contribution in [0.25, 0.3) is 5.76 Å². The Labute approximate surface area is 138 Å². The van der Waals surface area contributed by atoms with Crippen LogP contribution >= 0.6 is 34.3 Å². The van der Waals surface area contributed by atoms with Crippen LogP contribution in [0.5, 0.6) is 0 Å². The van der Waals surface area contributed by atoms with E-state index in [0.717, 1.165) is 15.6 Å². The topological polar surface area (TPSA) is 99.6 Å². The predicted octanol–water partition coefficient (Wildman–Crippen LogP) is 2.36. The molecule has 1 amide bonds. The number of sulfonamides is 1. The third-order valence-electron chi connectivity index (χ3n) is 2.92. The number of amides is 1. The van der Waals surface area contributed by atoms with Gasteiger partial charge in [0.25, 0.3) is 15.9 Å². The zero-order valence-electron chi connectivity index (χ0n) is 10.9. The molecule has 0 bridgehead atoms. The van der Waals surface area contributed by atoms with Gasteiger partial charge in [0.05, 0.1) is 9.90 Å². The summed E-state index contributed by atoms with van der Waals surface area (Å²) in [7, 11) is -2.74. The smallest absolute Gasteiger partial charge is 0.278 e. The minimum absolute atomic E-state index is 0.0254. The third kappa shape index (κ3) is 2.28. The van der Waals surface area contributed by atoms with Gasteiger partial charge in [-0.3, -0.25) is 14.4 Å². The van der Waals surface area contributed by atoms with Crippen molar-refractivity contribution in [2.75, 3.05) is 12.4 Å². The summed E-state index contributed by atoms with van der Waals surface area (Å²) in [6.07, 6.45) is 1.49. The van der Waals surface area contributed by atoms with Crippen molar-refractivity contribution in [1.82, 2.24) is 9.29 Å². The Kier molecular flexibility index (Phi) is 3.63. The average Bonchev–Trinajstić information content (AvgIpc) is 3.07. The highest BCUT2D eigenvalue weighted by atomic mass is 35.5. The van der Waals surface area contributed by atoms with Gasteiger partial charge in [0.1, 0.15) is 0 Å². The van der Waals surface area contributed by atoms with E-state index < -0.39 is 21.7 Å². The first kappa shape index (κ1) is 15.3. The highest BCUT2D eigenvalue weighted by Crippen LogP contribution is 2.41. The number of thiophene rings is 1. The van der Waals surface area contributed by atoms with E-state index in [1.165, 1.54) is 30.6 Å². The summed E-state index contributed by atoms with van der Waals surface area (Å²) in [6, 6.07) is 1.32. The van der Waals surface area contributed by atoms with E-state index in [1.807, 2.05) is 0 Å². The maximum atomic E-state index is 12.4. The minimum Gasteiger partial charge on any atom is -0.505 e. The fourth-order valence-electron chi connectivity index (χ4n) is 1.92. The molecule has 7 nitrogen and oxygen atoms in total. The molecule has 0 radical (unpaired) electrons. The van der Waals surface area contributed by atoms with Gasteiger partial charge in [0.2, 0.25) is 0 Å². The number of nitrogens with zero attached hydrogens (tertiary/aromatic N) is 2. The van der Waals surface area contributed by atoms with Crippen molar-refractivity contribution in [3.05, 3.63) is 33.2 Å². The molecule has 0 unspecified atom stereocenters. The largest absolute Gasteiger partial charge is 0.505 e. The van der Waals surface area contributed by atoms with Crippen LogP contribution in [0.15, 0.2) is 27.5 Å². The number of rotatable bonds is 2. The molecule has 11 heteroatoms. The second kappa shape index (κ2) is 5.23. The molecule has 0 aliphatic carbocycles. The number of aliphatic hydroxyl groups excluding tert-OH is 1. The van der Waals surface area contributed by atoms with Crippen molar-refractivity contribution in [2.24, 2.45) is 0 Å². The molecule has 116 valence electrons. The van der Waals surface area contributed by atoms with Crippen LogP contribution in [0.4, 0.5) is 5.13 Å². The van der Waals surface area contributed by atoms with Crippen molar-refractivity contribution in [3.8, 4) is 0 Å². The SMILES string of the molecule is CN1C(C(=O)Nc2nccs2)=C(O)c2cc(Cl)sc2S1(=O)=O. The monoisotopic (exact) mass is 377 g/mol. The molecule has 2 N–H and O–H groups in total. The van der Waals surface area contributed by atoms with Crippen LogP contribution in [0.1, 0.15) is 5.56 Å². The lowest BCUT2D eigenvalue weighted by atomic mass is 10.2. The number of anilines is 1. The number of halogens is 1. The number of hydrogen-bond donors (Lipinski definition) is 2. The molecule has 1 aliphatic heterocycles. The number of carbonyl (C=O) groups is 1. The first-order valence-electron chi connectivity index (χ1n) is 5.75. The Morgan fingerprint density at radius 3 is 2.86 bits per heavy atom. The van der Waals surface area contributed by atoms with Gasteiger partial charge in [-0.1, -0.05) is 11.6 Å². The summed E-state index contributed by atoms with van der Waals surface area (Å²) in [5, 5.41) is 14.7. The van der Waals surface area contributed by atoms with Crippen LogP contribution in [-0.4, -0.2) is 35.8 Å². The molecule has 3 heterocycles. The van der Waals surface area contributed by atoms with Gasteiger partial charge >= 0.3 is 0 Å². The summed E-state index contributed by atoms with van der Waals surface area (Å²) in [4.78, 5) is 16.2. The molecule has 0 saturated carbocycles. The van der Waals surface area contributed by atoms with Gasteiger partial charge in [-0.15, -0.1) is 22.7 Å². The lowest BCUT2D eigenvalue weighted by Gasteiger charge is -2.26. The molecule has 2 aromatic heterocycles. The Morgan fingerprint density at radius 1 is 1.50 bits per heavy atom. The minimum atomic E-state index is -3.93. The molecule has 0 spiro atoms. The van der Waals surface area contributed by atoms with Gasteiger partial charge in [-0.05, 0) is 6.07 Å². The number of hydrogen-bond acceptors (Lipinski definition) is 7. The van der Waals surface area contributed by atoms with E-state index in [9.17, 15) is 18.3 Å². The Morgan fingerprint density at radius 2 is 2.23 bits per heavy atom.